The van der Waals surface area contributed by atoms with E-state index in [9.17, 15) is 0 Å². The summed E-state index contributed by atoms with van der Waals surface area (Å²) in [6, 6.07) is 17.8. The third kappa shape index (κ3) is 1.84. The Bertz CT molecular complexity index is 772. The minimum absolute atomic E-state index is 0.419. The second-order valence-electron chi connectivity index (χ2n) is 6.00. The van der Waals surface area contributed by atoms with Crippen LogP contribution in [0.3, 0.4) is 0 Å². The van der Waals surface area contributed by atoms with Crippen molar-refractivity contribution in [3.8, 4) is 11.1 Å². The number of allylic oxidation sites excluding steroid dienone is 4. The Morgan fingerprint density at radius 1 is 0.810 bits per heavy atom. The zero-order valence-electron chi connectivity index (χ0n) is 12.4. The lowest BCUT2D eigenvalue weighted by atomic mass is 9.88. The first-order valence-electron chi connectivity index (χ1n) is 7.51. The molecule has 0 aliphatic heterocycles. The van der Waals surface area contributed by atoms with E-state index in [1.54, 1.807) is 5.17 Å². The van der Waals surface area contributed by atoms with E-state index in [-0.39, 0.29) is 0 Å². The van der Waals surface area contributed by atoms with E-state index in [1.807, 2.05) is 0 Å². The molecule has 0 radical (unpaired) electrons. The first kappa shape index (κ1) is 12.7. The van der Waals surface area contributed by atoms with Crippen molar-refractivity contribution in [1.29, 1.82) is 0 Å². The highest BCUT2D eigenvalue weighted by Crippen LogP contribution is 2.48. The minimum atomic E-state index is -0.439. The summed E-state index contributed by atoms with van der Waals surface area (Å²) < 4.78 is 0. The van der Waals surface area contributed by atoms with Gasteiger partial charge in [0.15, 0.2) is 0 Å². The van der Waals surface area contributed by atoms with Gasteiger partial charge in [0, 0.05) is 14.3 Å². The molecule has 2 aromatic rings. The van der Waals surface area contributed by atoms with Crippen LogP contribution in [0.2, 0.25) is 13.1 Å². The number of rotatable bonds is 1. The molecule has 0 atom stereocenters. The maximum atomic E-state index is 2.39. The molecule has 102 valence electrons. The SMILES string of the molecule is C[Si](C)=C1C=CC=C1C1c2ccccc2-c2ccccc21. The monoisotopic (exact) mass is 286 g/mol. The quantitative estimate of drug-likeness (QED) is 0.660. The van der Waals surface area contributed by atoms with E-state index in [0.29, 0.717) is 5.92 Å². The fourth-order valence-corrected chi connectivity index (χ4v) is 4.87. The topological polar surface area (TPSA) is 0 Å². The Kier molecular flexibility index (Phi) is 2.90. The van der Waals surface area contributed by atoms with Gasteiger partial charge < -0.3 is 0 Å². The molecule has 4 rings (SSSR count). The molecule has 0 saturated heterocycles. The number of hydrogen-bond donors (Lipinski definition) is 0. The van der Waals surface area contributed by atoms with Gasteiger partial charge >= 0.3 is 0 Å². The Morgan fingerprint density at radius 2 is 1.38 bits per heavy atom. The summed E-state index contributed by atoms with van der Waals surface area (Å²) in [6.07, 6.45) is 6.88. The lowest BCUT2D eigenvalue weighted by Crippen LogP contribution is -2.14. The van der Waals surface area contributed by atoms with Gasteiger partial charge in [-0.1, -0.05) is 79.9 Å². The summed E-state index contributed by atoms with van der Waals surface area (Å²) >= 11 is 0. The zero-order chi connectivity index (χ0) is 14.4. The third-order valence-corrected chi connectivity index (χ3v) is 6.07. The molecule has 2 aliphatic carbocycles. The highest BCUT2D eigenvalue weighted by molar-refractivity contribution is 6.74. The zero-order valence-corrected chi connectivity index (χ0v) is 13.4. The van der Waals surface area contributed by atoms with Crippen molar-refractivity contribution >= 4 is 13.6 Å². The molecule has 0 unspecified atom stereocenters. The van der Waals surface area contributed by atoms with Crippen LogP contribution in [0.5, 0.6) is 0 Å². The van der Waals surface area contributed by atoms with Crippen molar-refractivity contribution in [2.45, 2.75) is 19.0 Å². The number of fused-ring (bicyclic) bond motifs is 3. The van der Waals surface area contributed by atoms with Gasteiger partial charge in [-0.05, 0) is 33.0 Å². The first-order chi connectivity index (χ1) is 10.3. The van der Waals surface area contributed by atoms with Crippen molar-refractivity contribution in [2.75, 3.05) is 0 Å². The summed E-state index contributed by atoms with van der Waals surface area (Å²) in [7, 11) is -0.439. The van der Waals surface area contributed by atoms with Crippen LogP contribution in [0, 0.1) is 0 Å². The van der Waals surface area contributed by atoms with E-state index >= 15 is 0 Å². The number of benzene rings is 2. The first-order valence-corrected chi connectivity index (χ1v) is 10.0. The summed E-state index contributed by atoms with van der Waals surface area (Å²) in [6.45, 7) is 4.77. The molecule has 0 amide bonds. The Morgan fingerprint density at radius 3 is 1.95 bits per heavy atom. The molecule has 2 aromatic carbocycles. The fraction of sp³-hybridized carbons (Fsp3) is 0.150. The van der Waals surface area contributed by atoms with Crippen molar-refractivity contribution in [1.82, 2.24) is 0 Å². The smallest absolute Gasteiger partial charge is 0.0354 e. The van der Waals surface area contributed by atoms with Crippen LogP contribution in [0.25, 0.3) is 11.1 Å². The van der Waals surface area contributed by atoms with E-state index in [0.717, 1.165) is 0 Å². The molecule has 0 heterocycles. The molecule has 0 spiro atoms. The van der Waals surface area contributed by atoms with Gasteiger partial charge in [0.25, 0.3) is 0 Å². The van der Waals surface area contributed by atoms with Crippen LogP contribution >= 0.6 is 0 Å². The highest BCUT2D eigenvalue weighted by atomic mass is 28.2. The van der Waals surface area contributed by atoms with Crippen LogP contribution < -0.4 is 0 Å². The normalized spacial score (nSPS) is 15.9. The summed E-state index contributed by atoms with van der Waals surface area (Å²) in [5.74, 6) is 0.419. The van der Waals surface area contributed by atoms with Crippen LogP contribution in [0.1, 0.15) is 17.0 Å². The van der Waals surface area contributed by atoms with E-state index < -0.39 is 8.41 Å². The largest absolute Gasteiger partial charge is 0.0619 e. The van der Waals surface area contributed by atoms with Crippen molar-refractivity contribution in [2.24, 2.45) is 0 Å². The average Bonchev–Trinajstić information content (AvgIpc) is 3.09. The summed E-state index contributed by atoms with van der Waals surface area (Å²) in [4.78, 5) is 0. The van der Waals surface area contributed by atoms with Gasteiger partial charge in [0.1, 0.15) is 0 Å². The van der Waals surface area contributed by atoms with Crippen molar-refractivity contribution < 1.29 is 0 Å². The van der Waals surface area contributed by atoms with Gasteiger partial charge in [0.05, 0.1) is 0 Å². The maximum Gasteiger partial charge on any atom is 0.0354 e. The molecule has 0 saturated carbocycles. The second-order valence-corrected chi connectivity index (χ2v) is 8.54. The van der Waals surface area contributed by atoms with Gasteiger partial charge in [-0.25, -0.2) is 0 Å². The van der Waals surface area contributed by atoms with E-state index in [2.05, 4.69) is 79.9 Å². The minimum Gasteiger partial charge on any atom is -0.0619 e. The molecule has 0 nitrogen and oxygen atoms in total. The van der Waals surface area contributed by atoms with Gasteiger partial charge in [0.2, 0.25) is 0 Å². The third-order valence-electron chi connectivity index (χ3n) is 4.53. The molecule has 0 fully saturated rings. The molecule has 21 heavy (non-hydrogen) atoms. The Hall–Kier alpha value is -1.99. The second kappa shape index (κ2) is 4.78. The molecule has 0 N–H and O–H groups in total. The molecule has 0 bridgehead atoms. The van der Waals surface area contributed by atoms with Crippen LogP contribution in [-0.2, 0) is 0 Å². The predicted octanol–water partition coefficient (Wildman–Crippen LogP) is 4.80. The molecule has 1 heteroatoms. The van der Waals surface area contributed by atoms with E-state index in [4.69, 9.17) is 0 Å². The summed E-state index contributed by atoms with van der Waals surface area (Å²) in [5, 5.41) is 1.58. The van der Waals surface area contributed by atoms with Gasteiger partial charge in [-0.3, -0.25) is 0 Å². The lowest BCUT2D eigenvalue weighted by Gasteiger charge is -2.18. The fourth-order valence-electron chi connectivity index (χ4n) is 3.63. The molecular weight excluding hydrogens is 268 g/mol. The predicted molar refractivity (Wildman–Crippen MR) is 93.4 cm³/mol. The molecule has 2 aliphatic rings. The molecular formula is C20H18Si. The Labute approximate surface area is 127 Å². The maximum absolute atomic E-state index is 2.39. The lowest BCUT2D eigenvalue weighted by molar-refractivity contribution is 1.04. The van der Waals surface area contributed by atoms with Crippen LogP contribution in [0.4, 0.5) is 0 Å². The van der Waals surface area contributed by atoms with Crippen LogP contribution in [0.15, 0.2) is 72.3 Å². The number of hydrogen-bond acceptors (Lipinski definition) is 0. The summed E-state index contributed by atoms with van der Waals surface area (Å²) in [5.41, 5.74) is 7.27. The highest BCUT2D eigenvalue weighted by Gasteiger charge is 2.32. The van der Waals surface area contributed by atoms with E-state index in [1.165, 1.54) is 27.8 Å². The molecule has 0 aromatic heterocycles. The Balaban J connectivity index is 1.97. The van der Waals surface area contributed by atoms with Crippen LogP contribution in [-0.4, -0.2) is 13.6 Å². The van der Waals surface area contributed by atoms with Gasteiger partial charge in [-0.2, -0.15) is 0 Å². The van der Waals surface area contributed by atoms with Crippen molar-refractivity contribution in [3.63, 3.8) is 0 Å². The average molecular weight is 286 g/mol. The van der Waals surface area contributed by atoms with Gasteiger partial charge in [-0.15, -0.1) is 0 Å². The van der Waals surface area contributed by atoms with Crippen molar-refractivity contribution in [3.05, 3.63) is 83.5 Å². The standard InChI is InChI=1S/C20H18Si/c1-21(2)19-13-7-12-18(19)20-16-10-5-3-8-14(16)15-9-4-6-11-17(15)20/h3-13,20H,1-2H3.